The summed E-state index contributed by atoms with van der Waals surface area (Å²) in [7, 11) is 0. The summed E-state index contributed by atoms with van der Waals surface area (Å²) in [5.41, 5.74) is 4.48. The van der Waals surface area contributed by atoms with E-state index in [0.29, 0.717) is 62.1 Å². The predicted molar refractivity (Wildman–Crippen MR) is 141 cm³/mol. The van der Waals surface area contributed by atoms with Gasteiger partial charge in [-0.1, -0.05) is 36.4 Å². The zero-order chi connectivity index (χ0) is 24.7. The number of hydrogen-bond acceptors (Lipinski definition) is 10. The van der Waals surface area contributed by atoms with Gasteiger partial charge in [0, 0.05) is 24.2 Å². The van der Waals surface area contributed by atoms with Crippen LogP contribution in [0.2, 0.25) is 0 Å². The first-order valence-corrected chi connectivity index (χ1v) is 11.8. The van der Waals surface area contributed by atoms with Crippen molar-refractivity contribution in [2.45, 2.75) is 6.92 Å². The highest BCUT2D eigenvalue weighted by Crippen LogP contribution is 2.27. The second-order valence-corrected chi connectivity index (χ2v) is 8.06. The normalized spacial score (nSPS) is 13.8. The fourth-order valence-corrected chi connectivity index (χ4v) is 3.89. The Morgan fingerprint density at radius 2 is 1.83 bits per heavy atom. The molecule has 0 unspecified atom stereocenters. The molecule has 10 heteroatoms. The fourth-order valence-electron chi connectivity index (χ4n) is 3.89. The van der Waals surface area contributed by atoms with E-state index in [1.165, 1.54) is 0 Å². The number of morpholine rings is 1. The van der Waals surface area contributed by atoms with Crippen LogP contribution in [-0.4, -0.2) is 59.2 Å². The lowest BCUT2D eigenvalue weighted by Gasteiger charge is -2.27. The minimum Gasteiger partial charge on any atom is -0.504 e. The van der Waals surface area contributed by atoms with Gasteiger partial charge >= 0.3 is 0 Å². The number of anilines is 4. The van der Waals surface area contributed by atoms with E-state index in [1.54, 1.807) is 24.4 Å². The van der Waals surface area contributed by atoms with Crippen LogP contribution >= 0.6 is 0 Å². The van der Waals surface area contributed by atoms with Crippen LogP contribution in [0.1, 0.15) is 12.5 Å². The lowest BCUT2D eigenvalue weighted by molar-refractivity contribution is 0.122. The van der Waals surface area contributed by atoms with E-state index >= 15 is 0 Å². The molecule has 4 aromatic rings. The highest BCUT2D eigenvalue weighted by Gasteiger charge is 2.17. The van der Waals surface area contributed by atoms with E-state index in [1.807, 2.05) is 31.2 Å². The Kier molecular flexibility index (Phi) is 7.04. The van der Waals surface area contributed by atoms with E-state index in [-0.39, 0.29) is 5.75 Å². The molecule has 1 aromatic heterocycles. The zero-order valence-corrected chi connectivity index (χ0v) is 19.9. The molecular formula is C26H27N7O3. The molecule has 0 saturated carbocycles. The van der Waals surface area contributed by atoms with Crippen LogP contribution in [0.5, 0.6) is 11.5 Å². The summed E-state index contributed by atoms with van der Waals surface area (Å²) in [6.45, 7) is 4.93. The van der Waals surface area contributed by atoms with Gasteiger partial charge in [0.2, 0.25) is 17.8 Å². The van der Waals surface area contributed by atoms with E-state index in [4.69, 9.17) is 9.47 Å². The van der Waals surface area contributed by atoms with Gasteiger partial charge in [0.25, 0.3) is 0 Å². The number of phenolic OH excluding ortho intramolecular Hbond substituents is 1. The van der Waals surface area contributed by atoms with E-state index in [9.17, 15) is 5.11 Å². The summed E-state index contributed by atoms with van der Waals surface area (Å²) in [5.74, 6) is 1.71. The Balaban J connectivity index is 1.41. The van der Waals surface area contributed by atoms with Crippen molar-refractivity contribution in [3.63, 3.8) is 0 Å². The highest BCUT2D eigenvalue weighted by atomic mass is 16.5. The van der Waals surface area contributed by atoms with Crippen LogP contribution in [0.15, 0.2) is 65.8 Å². The smallest absolute Gasteiger partial charge is 0.250 e. The van der Waals surface area contributed by atoms with Gasteiger partial charge in [-0.15, -0.1) is 0 Å². The van der Waals surface area contributed by atoms with Gasteiger partial charge in [0.15, 0.2) is 11.5 Å². The van der Waals surface area contributed by atoms with Gasteiger partial charge in [0.1, 0.15) is 0 Å². The quantitative estimate of drug-likeness (QED) is 0.250. The molecule has 1 fully saturated rings. The largest absolute Gasteiger partial charge is 0.504 e. The maximum absolute atomic E-state index is 10.1. The summed E-state index contributed by atoms with van der Waals surface area (Å²) >= 11 is 0. The van der Waals surface area contributed by atoms with E-state index in [2.05, 4.69) is 53.9 Å². The van der Waals surface area contributed by atoms with Crippen molar-refractivity contribution < 1.29 is 14.6 Å². The summed E-state index contributed by atoms with van der Waals surface area (Å²) in [6, 6.07) is 19.3. The average molecular weight is 486 g/mol. The van der Waals surface area contributed by atoms with Crippen LogP contribution in [0, 0.1) is 0 Å². The molecule has 3 aromatic carbocycles. The number of ether oxygens (including phenoxy) is 2. The van der Waals surface area contributed by atoms with Crippen molar-refractivity contribution in [3.8, 4) is 11.5 Å². The zero-order valence-electron chi connectivity index (χ0n) is 19.9. The van der Waals surface area contributed by atoms with Crippen LogP contribution in [0.3, 0.4) is 0 Å². The molecule has 0 bridgehead atoms. The second-order valence-electron chi connectivity index (χ2n) is 8.06. The molecule has 0 spiro atoms. The summed E-state index contributed by atoms with van der Waals surface area (Å²) in [4.78, 5) is 15.8. The maximum Gasteiger partial charge on any atom is 0.250 e. The van der Waals surface area contributed by atoms with Crippen molar-refractivity contribution in [1.29, 1.82) is 0 Å². The van der Waals surface area contributed by atoms with Crippen molar-refractivity contribution in [3.05, 3.63) is 66.2 Å². The van der Waals surface area contributed by atoms with Gasteiger partial charge in [-0.05, 0) is 42.1 Å². The molecule has 1 aliphatic heterocycles. The van der Waals surface area contributed by atoms with Crippen LogP contribution in [-0.2, 0) is 4.74 Å². The lowest BCUT2D eigenvalue weighted by Crippen LogP contribution is -2.37. The van der Waals surface area contributed by atoms with Gasteiger partial charge in [-0.25, -0.2) is 5.43 Å². The summed E-state index contributed by atoms with van der Waals surface area (Å²) in [6.07, 6.45) is 1.57. The van der Waals surface area contributed by atoms with Crippen LogP contribution in [0.25, 0.3) is 10.8 Å². The molecule has 0 radical (unpaired) electrons. The number of benzene rings is 3. The third-order valence-electron chi connectivity index (χ3n) is 5.61. The summed E-state index contributed by atoms with van der Waals surface area (Å²) < 4.78 is 10.8. The monoisotopic (exact) mass is 485 g/mol. The topological polar surface area (TPSA) is 117 Å². The number of fused-ring (bicyclic) bond motifs is 1. The third-order valence-corrected chi connectivity index (χ3v) is 5.61. The molecule has 10 nitrogen and oxygen atoms in total. The first-order valence-electron chi connectivity index (χ1n) is 11.8. The summed E-state index contributed by atoms with van der Waals surface area (Å²) in [5, 5.41) is 19.9. The number of aromatic hydroxyl groups is 1. The number of hydrogen-bond donors (Lipinski definition) is 3. The van der Waals surface area contributed by atoms with Gasteiger partial charge in [-0.3, -0.25) is 0 Å². The molecule has 1 saturated heterocycles. The van der Waals surface area contributed by atoms with E-state index < -0.39 is 0 Å². The number of hydrazone groups is 1. The van der Waals surface area contributed by atoms with Crippen LogP contribution < -0.4 is 20.4 Å². The molecule has 36 heavy (non-hydrogen) atoms. The molecule has 0 aliphatic carbocycles. The average Bonchev–Trinajstić information content (AvgIpc) is 2.91. The molecule has 2 heterocycles. The molecule has 3 N–H and O–H groups in total. The fraction of sp³-hybridized carbons (Fsp3) is 0.231. The van der Waals surface area contributed by atoms with Crippen molar-refractivity contribution in [2.24, 2.45) is 5.10 Å². The Hall–Kier alpha value is -4.44. The Morgan fingerprint density at radius 3 is 2.67 bits per heavy atom. The van der Waals surface area contributed by atoms with E-state index in [0.717, 1.165) is 16.5 Å². The van der Waals surface area contributed by atoms with Gasteiger partial charge in [-0.2, -0.15) is 20.1 Å². The Labute approximate surface area is 208 Å². The first kappa shape index (κ1) is 23.3. The Morgan fingerprint density at radius 1 is 1.03 bits per heavy atom. The lowest BCUT2D eigenvalue weighted by atomic mass is 10.1. The van der Waals surface area contributed by atoms with Crippen molar-refractivity contribution >= 4 is 40.5 Å². The number of nitrogens with one attached hydrogen (secondary N) is 2. The predicted octanol–water partition coefficient (Wildman–Crippen LogP) is 4.16. The molecular weight excluding hydrogens is 458 g/mol. The molecule has 5 rings (SSSR count). The highest BCUT2D eigenvalue weighted by molar-refractivity contribution is 5.95. The number of aromatic nitrogens is 3. The van der Waals surface area contributed by atoms with Gasteiger partial charge in [0.05, 0.1) is 26.0 Å². The molecule has 184 valence electrons. The minimum absolute atomic E-state index is 0.0529. The van der Waals surface area contributed by atoms with Crippen molar-refractivity contribution in [2.75, 3.05) is 48.6 Å². The Bertz CT molecular complexity index is 1370. The SMILES string of the molecule is CCOc1ccc(C=NNc2nc(Nc3cccc4ccccc34)nc(N3CCOCC3)n2)cc1O. The standard InChI is InChI=1S/C26H27N7O3/c1-2-36-23-11-10-18(16-22(23)34)17-27-32-25-29-24(30-26(31-25)33-12-14-35-15-13-33)28-21-9-5-7-19-6-3-4-8-20(19)21/h3-11,16-17,34H,2,12-15H2,1H3,(H2,28,29,30,31,32). The number of phenols is 1. The number of nitrogens with zero attached hydrogens (tertiary/aromatic N) is 5. The minimum atomic E-state index is 0.0529. The first-order chi connectivity index (χ1) is 17.7. The van der Waals surface area contributed by atoms with Crippen LogP contribution in [0.4, 0.5) is 23.5 Å². The van der Waals surface area contributed by atoms with Gasteiger partial charge < -0.3 is 24.8 Å². The second kappa shape index (κ2) is 10.9. The maximum atomic E-state index is 10.1. The molecule has 1 aliphatic rings. The molecule has 0 atom stereocenters. The third kappa shape index (κ3) is 5.44. The molecule has 0 amide bonds. The number of rotatable bonds is 8. The van der Waals surface area contributed by atoms with Crippen molar-refractivity contribution in [1.82, 2.24) is 15.0 Å².